The SMILES string of the molecule is CCCNCc1coc(COc2cc(Br)ccc2Cl)c1. The fraction of sp³-hybridized carbons (Fsp3) is 0.333. The average Bonchev–Trinajstić information content (AvgIpc) is 2.88. The molecular weight excluding hydrogens is 342 g/mol. The van der Waals surface area contributed by atoms with Crippen LogP contribution < -0.4 is 10.1 Å². The maximum Gasteiger partial charge on any atom is 0.146 e. The number of rotatable bonds is 7. The molecule has 0 amide bonds. The van der Waals surface area contributed by atoms with Crippen LogP contribution in [0.2, 0.25) is 5.02 Å². The van der Waals surface area contributed by atoms with Gasteiger partial charge in [-0.2, -0.15) is 0 Å². The van der Waals surface area contributed by atoms with E-state index in [-0.39, 0.29) is 0 Å². The lowest BCUT2D eigenvalue weighted by Gasteiger charge is -2.06. The zero-order chi connectivity index (χ0) is 14.4. The van der Waals surface area contributed by atoms with E-state index in [9.17, 15) is 0 Å². The molecule has 1 heterocycles. The number of nitrogens with one attached hydrogen (secondary N) is 1. The molecule has 0 atom stereocenters. The first-order valence-corrected chi connectivity index (χ1v) is 7.71. The lowest BCUT2D eigenvalue weighted by Crippen LogP contribution is -2.13. The van der Waals surface area contributed by atoms with Gasteiger partial charge in [0.15, 0.2) is 0 Å². The third kappa shape index (κ3) is 4.54. The molecule has 0 radical (unpaired) electrons. The molecule has 1 N–H and O–H groups in total. The highest BCUT2D eigenvalue weighted by Gasteiger charge is 2.06. The van der Waals surface area contributed by atoms with Gasteiger partial charge in [0, 0.05) is 16.6 Å². The van der Waals surface area contributed by atoms with Crippen LogP contribution in [0.5, 0.6) is 5.75 Å². The van der Waals surface area contributed by atoms with Gasteiger partial charge in [-0.15, -0.1) is 0 Å². The Hall–Kier alpha value is -0.970. The van der Waals surface area contributed by atoms with Crippen LogP contribution in [0, 0.1) is 0 Å². The van der Waals surface area contributed by atoms with Crippen molar-refractivity contribution in [1.29, 1.82) is 0 Å². The lowest BCUT2D eigenvalue weighted by molar-refractivity contribution is 0.270. The predicted octanol–water partition coefficient (Wildman–Crippen LogP) is 4.77. The number of ether oxygens (including phenoxy) is 1. The topological polar surface area (TPSA) is 34.4 Å². The summed E-state index contributed by atoms with van der Waals surface area (Å²) in [6.45, 7) is 4.33. The average molecular weight is 359 g/mol. The second-order valence-electron chi connectivity index (χ2n) is 4.46. The summed E-state index contributed by atoms with van der Waals surface area (Å²) in [7, 11) is 0. The quantitative estimate of drug-likeness (QED) is 0.724. The van der Waals surface area contributed by atoms with E-state index >= 15 is 0 Å². The molecule has 2 rings (SSSR count). The van der Waals surface area contributed by atoms with Crippen LogP contribution in [0.3, 0.4) is 0 Å². The van der Waals surface area contributed by atoms with E-state index in [0.717, 1.165) is 35.3 Å². The minimum atomic E-state index is 0.365. The maximum absolute atomic E-state index is 6.07. The van der Waals surface area contributed by atoms with Crippen LogP contribution in [-0.2, 0) is 13.2 Å². The van der Waals surface area contributed by atoms with Crippen LogP contribution >= 0.6 is 27.5 Å². The summed E-state index contributed by atoms with van der Waals surface area (Å²) in [5.74, 6) is 1.43. The minimum absolute atomic E-state index is 0.365. The van der Waals surface area contributed by atoms with E-state index in [0.29, 0.717) is 17.4 Å². The first kappa shape index (κ1) is 15.4. The van der Waals surface area contributed by atoms with E-state index in [2.05, 4.69) is 28.2 Å². The third-order valence-corrected chi connectivity index (χ3v) is 3.53. The number of hydrogen-bond donors (Lipinski definition) is 1. The Morgan fingerprint density at radius 2 is 2.20 bits per heavy atom. The van der Waals surface area contributed by atoms with Gasteiger partial charge in [0.1, 0.15) is 18.1 Å². The van der Waals surface area contributed by atoms with Crippen LogP contribution in [0.15, 0.2) is 39.4 Å². The fourth-order valence-electron chi connectivity index (χ4n) is 1.74. The van der Waals surface area contributed by atoms with E-state index < -0.39 is 0 Å². The van der Waals surface area contributed by atoms with E-state index in [1.165, 1.54) is 0 Å². The molecule has 1 aromatic heterocycles. The summed E-state index contributed by atoms with van der Waals surface area (Å²) < 4.78 is 12.1. The maximum atomic E-state index is 6.07. The van der Waals surface area contributed by atoms with Crippen molar-refractivity contribution >= 4 is 27.5 Å². The Bertz CT molecular complexity index is 557. The first-order chi connectivity index (χ1) is 9.69. The van der Waals surface area contributed by atoms with E-state index in [1.807, 2.05) is 18.2 Å². The molecule has 0 spiro atoms. The Morgan fingerprint density at radius 1 is 1.35 bits per heavy atom. The molecular formula is C15H17BrClNO2. The van der Waals surface area contributed by atoms with Gasteiger partial charge in [-0.25, -0.2) is 0 Å². The van der Waals surface area contributed by atoms with Gasteiger partial charge in [-0.3, -0.25) is 0 Å². The van der Waals surface area contributed by atoms with Crippen molar-refractivity contribution in [2.75, 3.05) is 6.54 Å². The Balaban J connectivity index is 1.89. The zero-order valence-electron chi connectivity index (χ0n) is 11.3. The van der Waals surface area contributed by atoms with Crippen molar-refractivity contribution in [3.63, 3.8) is 0 Å². The van der Waals surface area contributed by atoms with E-state index in [1.54, 1.807) is 12.3 Å². The molecule has 3 nitrogen and oxygen atoms in total. The molecule has 0 saturated carbocycles. The largest absolute Gasteiger partial charge is 0.484 e. The van der Waals surface area contributed by atoms with Crippen molar-refractivity contribution in [2.24, 2.45) is 0 Å². The lowest BCUT2D eigenvalue weighted by atomic mass is 10.3. The van der Waals surface area contributed by atoms with Crippen molar-refractivity contribution in [3.8, 4) is 5.75 Å². The normalized spacial score (nSPS) is 10.8. The molecule has 0 saturated heterocycles. The predicted molar refractivity (Wildman–Crippen MR) is 84.2 cm³/mol. The summed E-state index contributed by atoms with van der Waals surface area (Å²) in [4.78, 5) is 0. The van der Waals surface area contributed by atoms with Crippen molar-refractivity contribution < 1.29 is 9.15 Å². The van der Waals surface area contributed by atoms with Crippen molar-refractivity contribution in [3.05, 3.63) is 51.3 Å². The monoisotopic (exact) mass is 357 g/mol. The van der Waals surface area contributed by atoms with Crippen molar-refractivity contribution in [1.82, 2.24) is 5.32 Å². The number of benzene rings is 1. The highest BCUT2D eigenvalue weighted by Crippen LogP contribution is 2.28. The van der Waals surface area contributed by atoms with Crippen molar-refractivity contribution in [2.45, 2.75) is 26.5 Å². The molecule has 20 heavy (non-hydrogen) atoms. The van der Waals surface area contributed by atoms with Gasteiger partial charge in [0.2, 0.25) is 0 Å². The number of hydrogen-bond acceptors (Lipinski definition) is 3. The summed E-state index contributed by atoms with van der Waals surface area (Å²) >= 11 is 9.46. The zero-order valence-corrected chi connectivity index (χ0v) is 13.6. The second-order valence-corrected chi connectivity index (χ2v) is 5.78. The Kier molecular flexibility index (Phi) is 5.95. The summed E-state index contributed by atoms with van der Waals surface area (Å²) in [6.07, 6.45) is 2.87. The molecule has 0 fully saturated rings. The van der Waals surface area contributed by atoms with Crippen LogP contribution in [-0.4, -0.2) is 6.54 Å². The fourth-order valence-corrected chi connectivity index (χ4v) is 2.25. The highest BCUT2D eigenvalue weighted by atomic mass is 79.9. The van der Waals surface area contributed by atoms with Gasteiger partial charge in [0.25, 0.3) is 0 Å². The van der Waals surface area contributed by atoms with Crippen LogP contribution in [0.25, 0.3) is 0 Å². The molecule has 0 aliphatic heterocycles. The minimum Gasteiger partial charge on any atom is -0.484 e. The van der Waals surface area contributed by atoms with Crippen LogP contribution in [0.1, 0.15) is 24.7 Å². The molecule has 5 heteroatoms. The standard InChI is InChI=1S/C15H17BrClNO2/c1-2-5-18-8-11-6-13(19-9-11)10-20-15-7-12(16)3-4-14(15)17/h3-4,6-7,9,18H,2,5,8,10H2,1H3. The van der Waals surface area contributed by atoms with Gasteiger partial charge in [-0.1, -0.05) is 34.5 Å². The highest BCUT2D eigenvalue weighted by molar-refractivity contribution is 9.10. The molecule has 0 unspecified atom stereocenters. The van der Waals surface area contributed by atoms with E-state index in [4.69, 9.17) is 20.8 Å². The van der Waals surface area contributed by atoms with Gasteiger partial charge < -0.3 is 14.5 Å². The molecule has 0 aliphatic carbocycles. The number of furan rings is 1. The van der Waals surface area contributed by atoms with Gasteiger partial charge in [-0.05, 0) is 37.2 Å². The van der Waals surface area contributed by atoms with Crippen LogP contribution in [0.4, 0.5) is 0 Å². The molecule has 0 aliphatic rings. The molecule has 1 aromatic carbocycles. The molecule has 0 bridgehead atoms. The van der Waals surface area contributed by atoms with Gasteiger partial charge in [0.05, 0.1) is 11.3 Å². The summed E-state index contributed by atoms with van der Waals surface area (Å²) in [5, 5.41) is 3.91. The Morgan fingerprint density at radius 3 is 3.00 bits per heavy atom. The summed E-state index contributed by atoms with van der Waals surface area (Å²) in [5.41, 5.74) is 1.12. The van der Waals surface area contributed by atoms with Gasteiger partial charge >= 0.3 is 0 Å². The first-order valence-electron chi connectivity index (χ1n) is 6.54. The molecule has 2 aromatic rings. The third-order valence-electron chi connectivity index (χ3n) is 2.73. The molecule has 108 valence electrons. The second kappa shape index (κ2) is 7.72. The summed E-state index contributed by atoms with van der Waals surface area (Å²) in [6, 6.07) is 7.51. The Labute approximate surface area is 132 Å². The number of halogens is 2. The smallest absolute Gasteiger partial charge is 0.146 e.